The molecule has 192 valence electrons. The highest BCUT2D eigenvalue weighted by molar-refractivity contribution is 6.31. The van der Waals surface area contributed by atoms with E-state index in [4.69, 9.17) is 14.2 Å². The number of epoxide rings is 1. The van der Waals surface area contributed by atoms with Gasteiger partial charge in [-0.25, -0.2) is 4.79 Å². The number of nitrogens with one attached hydrogen (secondary N) is 1. The van der Waals surface area contributed by atoms with Crippen molar-refractivity contribution in [3.8, 4) is 29.4 Å². The van der Waals surface area contributed by atoms with E-state index < -0.39 is 46.6 Å². The molecule has 1 fully saturated rings. The number of esters is 1. The second-order valence-electron chi connectivity index (χ2n) is 10.0. The fourth-order valence-electron chi connectivity index (χ4n) is 6.89. The van der Waals surface area contributed by atoms with E-state index >= 15 is 0 Å². The fraction of sp³-hybridized carbons (Fsp3) is 0.258. The first-order valence-corrected chi connectivity index (χ1v) is 12.4. The SMILES string of the molecule is COC(=O)C1=C(OC)C2C#C/C=C\C#CC3Nc4c(cc(O)c5c4C(=O)c4ccccc4C5=O)C24OC34C1C. The van der Waals surface area contributed by atoms with Crippen LogP contribution >= 0.6 is 0 Å². The average molecular weight is 520 g/mol. The van der Waals surface area contributed by atoms with Crippen LogP contribution < -0.4 is 5.32 Å². The highest BCUT2D eigenvalue weighted by atomic mass is 16.6. The van der Waals surface area contributed by atoms with E-state index in [1.54, 1.807) is 36.4 Å². The standard InChI is InChI=1S/C31H21NO7/c1-15-22(29(36)38-3)28(37-2)18-12-6-4-5-7-13-21-30(15)31(18,39-30)19-14-20(33)23-24(25(19)32-21)27(35)17-11-9-8-10-16(17)26(23)34/h4-5,8-11,14-15,18,21,32-33H,1-3H3/b5-4-. The molecule has 5 atom stereocenters. The number of anilines is 1. The van der Waals surface area contributed by atoms with Crippen LogP contribution in [0.25, 0.3) is 0 Å². The van der Waals surface area contributed by atoms with Crippen LogP contribution in [0, 0.1) is 35.5 Å². The number of hydrogen-bond acceptors (Lipinski definition) is 8. The minimum Gasteiger partial charge on any atom is -0.507 e. The van der Waals surface area contributed by atoms with Crippen molar-refractivity contribution in [1.82, 2.24) is 0 Å². The molecular formula is C31H21NO7. The molecule has 2 N–H and O–H groups in total. The highest BCUT2D eigenvalue weighted by Gasteiger charge is 2.85. The number of aromatic hydroxyl groups is 1. The maximum absolute atomic E-state index is 13.9. The highest BCUT2D eigenvalue weighted by Crippen LogP contribution is 2.74. The van der Waals surface area contributed by atoms with Gasteiger partial charge in [-0.15, -0.1) is 0 Å². The number of carbonyl (C=O) groups is 3. The third-order valence-electron chi connectivity index (χ3n) is 8.50. The van der Waals surface area contributed by atoms with Gasteiger partial charge in [-0.2, -0.15) is 0 Å². The lowest BCUT2D eigenvalue weighted by molar-refractivity contribution is -0.137. The molecule has 1 saturated heterocycles. The number of fused-ring (bicyclic) bond motifs is 4. The number of methoxy groups -OCH3 is 2. The number of ether oxygens (including phenoxy) is 3. The van der Waals surface area contributed by atoms with Crippen LogP contribution in [0.3, 0.4) is 0 Å². The number of carbonyl (C=O) groups excluding carboxylic acids is 3. The van der Waals surface area contributed by atoms with E-state index in [0.29, 0.717) is 11.3 Å². The molecule has 7 rings (SSSR count). The van der Waals surface area contributed by atoms with Crippen molar-refractivity contribution in [3.05, 3.63) is 81.6 Å². The van der Waals surface area contributed by atoms with E-state index in [9.17, 15) is 19.5 Å². The molecule has 0 amide bonds. The summed E-state index contributed by atoms with van der Waals surface area (Å²) in [7, 11) is 2.75. The summed E-state index contributed by atoms with van der Waals surface area (Å²) >= 11 is 0. The van der Waals surface area contributed by atoms with E-state index in [1.807, 2.05) is 6.92 Å². The minimum absolute atomic E-state index is 0.0626. The lowest BCUT2D eigenvalue weighted by Gasteiger charge is -2.43. The molecule has 4 bridgehead atoms. The van der Waals surface area contributed by atoms with Gasteiger partial charge < -0.3 is 24.6 Å². The van der Waals surface area contributed by atoms with Gasteiger partial charge in [0.05, 0.1) is 36.6 Å². The summed E-state index contributed by atoms with van der Waals surface area (Å²) in [5.41, 5.74) is -0.781. The van der Waals surface area contributed by atoms with Gasteiger partial charge >= 0.3 is 5.97 Å². The normalized spacial score (nSPS) is 30.9. The molecule has 8 heteroatoms. The van der Waals surface area contributed by atoms with Gasteiger partial charge in [0.15, 0.2) is 11.6 Å². The van der Waals surface area contributed by atoms with Gasteiger partial charge in [-0.3, -0.25) is 9.59 Å². The van der Waals surface area contributed by atoms with Crippen LogP contribution in [0.15, 0.2) is 53.8 Å². The largest absolute Gasteiger partial charge is 0.507 e. The molecule has 0 radical (unpaired) electrons. The van der Waals surface area contributed by atoms with Crippen LogP contribution in [0.4, 0.5) is 5.69 Å². The van der Waals surface area contributed by atoms with Gasteiger partial charge in [-0.05, 0) is 18.2 Å². The lowest BCUT2D eigenvalue weighted by Crippen LogP contribution is -2.55. The molecule has 2 aromatic carbocycles. The summed E-state index contributed by atoms with van der Waals surface area (Å²) in [6, 6.07) is 7.29. The molecule has 39 heavy (non-hydrogen) atoms. The van der Waals surface area contributed by atoms with Crippen molar-refractivity contribution in [3.63, 3.8) is 0 Å². The van der Waals surface area contributed by atoms with E-state index in [0.717, 1.165) is 0 Å². The van der Waals surface area contributed by atoms with Gasteiger partial charge in [0.2, 0.25) is 0 Å². The number of allylic oxidation sites excluding steroid dienone is 2. The Morgan fingerprint density at radius 1 is 1.05 bits per heavy atom. The van der Waals surface area contributed by atoms with Crippen LogP contribution in [-0.4, -0.2) is 48.5 Å². The Bertz CT molecular complexity index is 1760. The van der Waals surface area contributed by atoms with E-state index in [1.165, 1.54) is 20.3 Å². The number of ketones is 2. The first kappa shape index (κ1) is 23.3. The van der Waals surface area contributed by atoms with E-state index in [2.05, 4.69) is 29.0 Å². The van der Waals surface area contributed by atoms with Gasteiger partial charge in [0.25, 0.3) is 0 Å². The Morgan fingerprint density at radius 3 is 2.38 bits per heavy atom. The molecule has 0 aromatic heterocycles. The molecule has 5 aliphatic rings. The number of benzene rings is 2. The average Bonchev–Trinajstić information content (AvgIpc) is 3.67. The summed E-state index contributed by atoms with van der Waals surface area (Å²) in [6.07, 6.45) is 3.22. The minimum atomic E-state index is -1.24. The fourth-order valence-corrected chi connectivity index (χ4v) is 6.89. The topological polar surface area (TPSA) is 114 Å². The Morgan fingerprint density at radius 2 is 1.72 bits per heavy atom. The van der Waals surface area contributed by atoms with Crippen molar-refractivity contribution in [2.24, 2.45) is 11.8 Å². The summed E-state index contributed by atoms with van der Waals surface area (Å²) in [4.78, 5) is 40.4. The van der Waals surface area contributed by atoms with Crippen LogP contribution in [0.5, 0.6) is 5.75 Å². The van der Waals surface area contributed by atoms with Crippen LogP contribution in [-0.2, 0) is 24.6 Å². The Balaban J connectivity index is 1.58. The van der Waals surface area contributed by atoms with E-state index in [-0.39, 0.29) is 39.3 Å². The molecule has 2 heterocycles. The third-order valence-corrected chi connectivity index (χ3v) is 8.50. The smallest absolute Gasteiger partial charge is 0.337 e. The van der Waals surface area contributed by atoms with Crippen molar-refractivity contribution in [2.45, 2.75) is 24.2 Å². The number of hydrogen-bond donors (Lipinski definition) is 2. The zero-order chi connectivity index (χ0) is 27.3. The quantitative estimate of drug-likeness (QED) is 0.230. The number of phenolic OH excluding ortho intramolecular Hbond substituents is 1. The Hall–Kier alpha value is -4.79. The van der Waals surface area contributed by atoms with Crippen molar-refractivity contribution in [1.29, 1.82) is 0 Å². The molecule has 2 aliphatic heterocycles. The van der Waals surface area contributed by atoms with Crippen molar-refractivity contribution in [2.75, 3.05) is 19.5 Å². The predicted molar refractivity (Wildman–Crippen MR) is 138 cm³/mol. The van der Waals surface area contributed by atoms with Gasteiger partial charge in [0, 0.05) is 22.6 Å². The summed E-state index contributed by atoms with van der Waals surface area (Å²) in [5, 5.41) is 14.6. The second kappa shape index (κ2) is 7.63. The molecule has 3 aliphatic carbocycles. The predicted octanol–water partition coefficient (Wildman–Crippen LogP) is 2.84. The zero-order valence-corrected chi connectivity index (χ0v) is 21.2. The second-order valence-corrected chi connectivity index (χ2v) is 10.0. The summed E-state index contributed by atoms with van der Waals surface area (Å²) in [5.74, 6) is 9.48. The van der Waals surface area contributed by atoms with Crippen molar-refractivity contribution >= 4 is 23.2 Å². The zero-order valence-electron chi connectivity index (χ0n) is 21.2. The first-order valence-electron chi connectivity index (χ1n) is 12.4. The third kappa shape index (κ3) is 2.57. The number of phenols is 1. The van der Waals surface area contributed by atoms with Gasteiger partial charge in [-0.1, -0.05) is 54.9 Å². The summed E-state index contributed by atoms with van der Waals surface area (Å²) < 4.78 is 17.6. The molecule has 5 unspecified atom stereocenters. The maximum atomic E-state index is 13.9. The van der Waals surface area contributed by atoms with Crippen LogP contribution in [0.1, 0.15) is 44.3 Å². The number of rotatable bonds is 2. The molecule has 2 aromatic rings. The van der Waals surface area contributed by atoms with Crippen LogP contribution in [0.2, 0.25) is 0 Å². The van der Waals surface area contributed by atoms with Crippen molar-refractivity contribution < 1.29 is 33.7 Å². The molecule has 8 nitrogen and oxygen atoms in total. The Kier molecular flexibility index (Phi) is 4.56. The molecular weight excluding hydrogens is 498 g/mol. The molecule has 0 spiro atoms. The Labute approximate surface area is 223 Å². The lowest BCUT2D eigenvalue weighted by atomic mass is 9.59. The molecule has 0 saturated carbocycles. The maximum Gasteiger partial charge on any atom is 0.337 e. The monoisotopic (exact) mass is 519 g/mol. The summed E-state index contributed by atoms with van der Waals surface area (Å²) in [6.45, 7) is 1.84. The first-order chi connectivity index (χ1) is 18.8. The van der Waals surface area contributed by atoms with Gasteiger partial charge in [0.1, 0.15) is 34.7 Å².